The smallest absolute Gasteiger partial charge is 0.355 e. The van der Waals surface area contributed by atoms with Gasteiger partial charge in [-0.15, -0.1) is 0 Å². The molecule has 34 heavy (non-hydrogen) atoms. The zero-order valence-electron chi connectivity index (χ0n) is 18.5. The Kier molecular flexibility index (Phi) is 7.49. The Bertz CT molecular complexity index is 1230. The second-order valence-electron chi connectivity index (χ2n) is 6.77. The molecule has 0 atom stereocenters. The highest BCUT2D eigenvalue weighted by molar-refractivity contribution is 6.05. The maximum Gasteiger partial charge on any atom is 0.355 e. The van der Waals surface area contributed by atoms with Crippen LogP contribution in [0.2, 0.25) is 0 Å². The molecule has 0 unspecified atom stereocenters. The predicted octanol–water partition coefficient (Wildman–Crippen LogP) is 3.28. The topological polar surface area (TPSA) is 133 Å². The van der Waals surface area contributed by atoms with Gasteiger partial charge in [0.25, 0.3) is 5.69 Å². The molecule has 1 aromatic heterocycles. The molecule has 0 fully saturated rings. The van der Waals surface area contributed by atoms with Gasteiger partial charge in [0.15, 0.2) is 5.75 Å². The summed E-state index contributed by atoms with van der Waals surface area (Å²) < 4.78 is 9.63. The van der Waals surface area contributed by atoms with E-state index in [-0.39, 0.29) is 28.4 Å². The number of benzene rings is 1. The van der Waals surface area contributed by atoms with Crippen LogP contribution in [0, 0.1) is 10.1 Å². The zero-order chi connectivity index (χ0) is 24.7. The van der Waals surface area contributed by atoms with Crippen molar-refractivity contribution >= 4 is 29.0 Å². The Morgan fingerprint density at radius 3 is 2.53 bits per heavy atom. The minimum Gasteiger partial charge on any atom is -0.465 e. The summed E-state index contributed by atoms with van der Waals surface area (Å²) >= 11 is 0. The maximum absolute atomic E-state index is 12.6. The van der Waals surface area contributed by atoms with Crippen molar-refractivity contribution < 1.29 is 28.8 Å². The normalized spacial score (nSPS) is 13.4. The van der Waals surface area contributed by atoms with Crippen LogP contribution in [0.1, 0.15) is 12.5 Å². The fourth-order valence-corrected chi connectivity index (χ4v) is 2.98. The first-order valence-corrected chi connectivity index (χ1v) is 9.82. The van der Waals surface area contributed by atoms with Crippen molar-refractivity contribution in [1.82, 2.24) is 4.98 Å². The van der Waals surface area contributed by atoms with Crippen LogP contribution in [0.15, 0.2) is 83.6 Å². The van der Waals surface area contributed by atoms with Crippen LogP contribution in [0.25, 0.3) is 0 Å². The number of nitro benzene ring substituents is 1. The summed E-state index contributed by atoms with van der Waals surface area (Å²) in [5.74, 6) is -1.61. The van der Waals surface area contributed by atoms with Crippen LogP contribution in [0.4, 0.5) is 11.4 Å². The quantitative estimate of drug-likeness (QED) is 0.262. The van der Waals surface area contributed by atoms with Crippen LogP contribution in [0.5, 0.6) is 5.75 Å². The number of aromatic nitrogens is 1. The van der Waals surface area contributed by atoms with E-state index in [2.05, 4.69) is 10.1 Å². The zero-order valence-corrected chi connectivity index (χ0v) is 18.5. The third kappa shape index (κ3) is 5.33. The van der Waals surface area contributed by atoms with E-state index in [1.807, 2.05) is 0 Å². The summed E-state index contributed by atoms with van der Waals surface area (Å²) in [7, 11) is 2.32. The van der Waals surface area contributed by atoms with Crippen LogP contribution >= 0.6 is 0 Å². The number of hydrogen-bond donors (Lipinski definition) is 0. The fraction of sp³-hybridized carbons (Fsp3) is 0.130. The van der Waals surface area contributed by atoms with Crippen LogP contribution < -0.4 is 9.74 Å². The molecule has 0 radical (unpaired) electrons. The monoisotopic (exact) mass is 464 g/mol. The van der Waals surface area contributed by atoms with E-state index >= 15 is 0 Å². The third-order valence-corrected chi connectivity index (χ3v) is 4.62. The predicted molar refractivity (Wildman–Crippen MR) is 122 cm³/mol. The highest BCUT2D eigenvalue weighted by Gasteiger charge is 2.28. The number of esters is 2. The summed E-state index contributed by atoms with van der Waals surface area (Å²) in [5, 5.41) is 15.6. The van der Waals surface area contributed by atoms with Crippen LogP contribution in [-0.2, 0) is 19.1 Å². The largest absolute Gasteiger partial charge is 0.465 e. The number of hydrogen-bond acceptors (Lipinski definition) is 10. The van der Waals surface area contributed by atoms with E-state index in [1.54, 1.807) is 37.5 Å². The average Bonchev–Trinajstić information content (AvgIpc) is 3.09. The number of non-ortho nitro benzene ring substituents is 1. The van der Waals surface area contributed by atoms with Crippen molar-refractivity contribution in [2.75, 3.05) is 19.1 Å². The minimum atomic E-state index is -0.851. The molecule has 0 amide bonds. The number of carbonyl (C=O) groups is 2. The lowest BCUT2D eigenvalue weighted by atomic mass is 10.1. The fourth-order valence-electron chi connectivity index (χ4n) is 2.98. The number of methoxy groups -OCH3 is 2. The van der Waals surface area contributed by atoms with Crippen molar-refractivity contribution in [2.45, 2.75) is 6.92 Å². The maximum atomic E-state index is 12.6. The number of ether oxygens (including phenoxy) is 2. The summed E-state index contributed by atoms with van der Waals surface area (Å²) in [6.45, 7) is 1.69. The first-order valence-electron chi connectivity index (χ1n) is 9.82. The Morgan fingerprint density at radius 1 is 1.12 bits per heavy atom. The molecule has 11 heteroatoms. The molecule has 0 aliphatic carbocycles. The number of nitro groups is 1. The van der Waals surface area contributed by atoms with Gasteiger partial charge in [-0.1, -0.05) is 11.2 Å². The molecule has 11 nitrogen and oxygen atoms in total. The summed E-state index contributed by atoms with van der Waals surface area (Å²) in [5.41, 5.74) is 0.729. The number of rotatable bonds is 7. The Hall–Kier alpha value is -4.80. The lowest BCUT2D eigenvalue weighted by Gasteiger charge is -2.23. The van der Waals surface area contributed by atoms with E-state index in [0.29, 0.717) is 11.3 Å². The molecule has 1 aliphatic rings. The molecule has 1 aliphatic heterocycles. The average molecular weight is 464 g/mol. The minimum absolute atomic E-state index is 0.0295. The molecule has 2 heterocycles. The van der Waals surface area contributed by atoms with Crippen molar-refractivity contribution in [3.63, 3.8) is 0 Å². The van der Waals surface area contributed by atoms with Crippen molar-refractivity contribution in [1.29, 1.82) is 0 Å². The number of pyridine rings is 1. The van der Waals surface area contributed by atoms with E-state index in [9.17, 15) is 19.7 Å². The van der Waals surface area contributed by atoms with E-state index in [4.69, 9.17) is 14.3 Å². The van der Waals surface area contributed by atoms with E-state index in [0.717, 1.165) is 7.11 Å². The molecular weight excluding hydrogens is 444 g/mol. The summed E-state index contributed by atoms with van der Waals surface area (Å²) in [6, 6.07) is 7.36. The van der Waals surface area contributed by atoms with Gasteiger partial charge in [-0.05, 0) is 31.2 Å². The second-order valence-corrected chi connectivity index (χ2v) is 6.77. The number of oxime groups is 1. The molecule has 0 bridgehead atoms. The van der Waals surface area contributed by atoms with Crippen LogP contribution in [-0.4, -0.2) is 41.8 Å². The van der Waals surface area contributed by atoms with Gasteiger partial charge in [-0.25, -0.2) is 9.59 Å². The van der Waals surface area contributed by atoms with Gasteiger partial charge in [0.05, 0.1) is 42.2 Å². The molecule has 0 saturated heterocycles. The molecule has 1 aromatic carbocycles. The highest BCUT2D eigenvalue weighted by Crippen LogP contribution is 2.33. The summed E-state index contributed by atoms with van der Waals surface area (Å²) in [6.07, 6.45) is 9.10. The molecular formula is C23H20N4O7. The van der Waals surface area contributed by atoms with Gasteiger partial charge < -0.3 is 19.2 Å². The Morgan fingerprint density at radius 2 is 1.88 bits per heavy atom. The van der Waals surface area contributed by atoms with Gasteiger partial charge in [0, 0.05) is 36.3 Å². The van der Waals surface area contributed by atoms with E-state index in [1.165, 1.54) is 48.6 Å². The number of anilines is 1. The van der Waals surface area contributed by atoms with Crippen molar-refractivity contribution in [3.8, 4) is 5.75 Å². The Labute approximate surface area is 194 Å². The molecule has 3 rings (SSSR count). The lowest BCUT2D eigenvalue weighted by Crippen LogP contribution is -2.27. The van der Waals surface area contributed by atoms with Gasteiger partial charge in [0.2, 0.25) is 0 Å². The third-order valence-electron chi connectivity index (χ3n) is 4.62. The highest BCUT2D eigenvalue weighted by atomic mass is 16.6. The standard InChI is InChI=1S/C23H20N4O7/c1-15(16-7-6-9-24-14-16)25-34-19-12-17(11-18(13-19)27(30)31)26-10-5-4-8-20(22(28)32-2)21(26)23(29)33-3/h4-14H,1-3H3. The van der Waals surface area contributed by atoms with Gasteiger partial charge >= 0.3 is 11.9 Å². The van der Waals surface area contributed by atoms with Crippen molar-refractivity contribution in [3.05, 3.63) is 94.1 Å². The molecule has 0 saturated carbocycles. The van der Waals surface area contributed by atoms with Gasteiger partial charge in [-0.2, -0.15) is 0 Å². The molecule has 0 N–H and O–H groups in total. The number of allylic oxidation sites excluding steroid dienone is 2. The van der Waals surface area contributed by atoms with Crippen molar-refractivity contribution in [2.24, 2.45) is 5.16 Å². The molecule has 2 aromatic rings. The SMILES string of the molecule is COC(=O)C1=C(C(=O)OC)N(c2cc(ON=C(C)c3cccnc3)cc([N+](=O)[O-])c2)C=CC=C1. The Balaban J connectivity index is 2.10. The van der Waals surface area contributed by atoms with E-state index < -0.39 is 16.9 Å². The second kappa shape index (κ2) is 10.7. The van der Waals surface area contributed by atoms with Gasteiger partial charge in [0.1, 0.15) is 5.70 Å². The first kappa shape index (κ1) is 23.9. The summed E-state index contributed by atoms with van der Waals surface area (Å²) in [4.78, 5) is 46.7. The lowest BCUT2D eigenvalue weighted by molar-refractivity contribution is -0.384. The number of nitrogens with zero attached hydrogens (tertiary/aromatic N) is 4. The number of carbonyl (C=O) groups excluding carboxylic acids is 2. The van der Waals surface area contributed by atoms with Gasteiger partial charge in [-0.3, -0.25) is 15.1 Å². The molecule has 0 spiro atoms. The molecule has 174 valence electrons. The van der Waals surface area contributed by atoms with Crippen LogP contribution in [0.3, 0.4) is 0 Å². The first-order chi connectivity index (χ1) is 16.3.